The summed E-state index contributed by atoms with van der Waals surface area (Å²) in [7, 11) is 0. The number of unbranched alkanes of at least 4 members (excludes halogenated alkanes) is 1. The van der Waals surface area contributed by atoms with Gasteiger partial charge in [-0.05, 0) is 24.3 Å². The van der Waals surface area contributed by atoms with Gasteiger partial charge in [-0.3, -0.25) is 0 Å². The predicted molar refractivity (Wildman–Crippen MR) is 64.3 cm³/mol. The van der Waals surface area contributed by atoms with Crippen LogP contribution in [0.25, 0.3) is 0 Å². The fourth-order valence-corrected chi connectivity index (χ4v) is 2.54. The molecule has 0 aromatic heterocycles. The van der Waals surface area contributed by atoms with Gasteiger partial charge in [0.2, 0.25) is 0 Å². The highest BCUT2D eigenvalue weighted by Crippen LogP contribution is 2.10. The van der Waals surface area contributed by atoms with Crippen molar-refractivity contribution in [3.63, 3.8) is 0 Å². The van der Waals surface area contributed by atoms with E-state index < -0.39 is 0 Å². The van der Waals surface area contributed by atoms with Crippen molar-refractivity contribution in [3.05, 3.63) is 0 Å². The molecule has 0 aliphatic rings. The Hall–Kier alpha value is -0.320. The van der Waals surface area contributed by atoms with E-state index in [2.05, 4.69) is 12.1 Å². The van der Waals surface area contributed by atoms with Crippen LogP contribution in [0.4, 0.5) is 0 Å². The molecular formula is C10H16N2S2. The van der Waals surface area contributed by atoms with Gasteiger partial charge in [0.25, 0.3) is 0 Å². The van der Waals surface area contributed by atoms with E-state index in [-0.39, 0.29) is 0 Å². The minimum atomic E-state index is 0.668. The predicted octanol–water partition coefficient (Wildman–Crippen LogP) is 3.06. The molecule has 0 spiro atoms. The topological polar surface area (TPSA) is 47.6 Å². The van der Waals surface area contributed by atoms with Gasteiger partial charge in [-0.15, -0.1) is 0 Å². The first-order chi connectivity index (χ1) is 6.91. The maximum Gasteiger partial charge on any atom is 0.0630 e. The molecule has 0 saturated heterocycles. The summed E-state index contributed by atoms with van der Waals surface area (Å²) in [6, 6.07) is 4.27. The Morgan fingerprint density at radius 3 is 1.50 bits per heavy atom. The van der Waals surface area contributed by atoms with Gasteiger partial charge < -0.3 is 0 Å². The van der Waals surface area contributed by atoms with Gasteiger partial charge in [0.05, 0.1) is 12.1 Å². The minimum absolute atomic E-state index is 0.668. The lowest BCUT2D eigenvalue weighted by Gasteiger charge is -1.99. The van der Waals surface area contributed by atoms with E-state index in [0.29, 0.717) is 12.8 Å². The molecule has 0 unspecified atom stereocenters. The zero-order chi connectivity index (χ0) is 10.5. The van der Waals surface area contributed by atoms with Crippen molar-refractivity contribution in [1.82, 2.24) is 0 Å². The number of rotatable bonds is 9. The Morgan fingerprint density at radius 1 is 0.714 bits per heavy atom. The quantitative estimate of drug-likeness (QED) is 0.569. The van der Waals surface area contributed by atoms with Gasteiger partial charge in [0, 0.05) is 24.3 Å². The highest BCUT2D eigenvalue weighted by atomic mass is 32.2. The zero-order valence-electron chi connectivity index (χ0n) is 8.37. The Labute approximate surface area is 95.1 Å². The normalized spacial score (nSPS) is 9.29. The Bertz CT molecular complexity index is 171. The molecule has 0 bridgehead atoms. The van der Waals surface area contributed by atoms with E-state index in [4.69, 9.17) is 10.5 Å². The number of hydrogen-bond acceptors (Lipinski definition) is 4. The van der Waals surface area contributed by atoms with Crippen molar-refractivity contribution in [3.8, 4) is 12.1 Å². The van der Waals surface area contributed by atoms with Crippen LogP contribution in [0, 0.1) is 22.7 Å². The average molecular weight is 228 g/mol. The summed E-state index contributed by atoms with van der Waals surface area (Å²) in [5.74, 6) is 4.27. The molecular weight excluding hydrogens is 212 g/mol. The van der Waals surface area contributed by atoms with Gasteiger partial charge >= 0.3 is 0 Å². The SMILES string of the molecule is N#CCCSCCCCSCCC#N. The molecule has 0 N–H and O–H groups in total. The molecule has 0 amide bonds. The van der Waals surface area contributed by atoms with Crippen molar-refractivity contribution < 1.29 is 0 Å². The van der Waals surface area contributed by atoms with E-state index in [1.54, 1.807) is 0 Å². The van der Waals surface area contributed by atoms with Crippen molar-refractivity contribution in [2.75, 3.05) is 23.0 Å². The van der Waals surface area contributed by atoms with Crippen LogP contribution in [0.2, 0.25) is 0 Å². The standard InChI is InChI=1S/C10H16N2S2/c11-5-3-9-13-7-1-2-8-14-10-4-6-12/h1-4,7-10H2. The second kappa shape index (κ2) is 12.7. The summed E-state index contributed by atoms with van der Waals surface area (Å²) in [6.45, 7) is 0. The van der Waals surface area contributed by atoms with Crippen LogP contribution in [0.5, 0.6) is 0 Å². The van der Waals surface area contributed by atoms with Gasteiger partial charge in [-0.1, -0.05) is 0 Å². The van der Waals surface area contributed by atoms with Crippen molar-refractivity contribution in [2.45, 2.75) is 25.7 Å². The largest absolute Gasteiger partial charge is 0.198 e. The maximum absolute atomic E-state index is 8.30. The maximum atomic E-state index is 8.30. The first-order valence-electron chi connectivity index (χ1n) is 4.81. The second-order valence-corrected chi connectivity index (χ2v) is 5.20. The van der Waals surface area contributed by atoms with E-state index in [0.717, 1.165) is 11.5 Å². The smallest absolute Gasteiger partial charge is 0.0630 e. The monoisotopic (exact) mass is 228 g/mol. The number of nitrogens with zero attached hydrogens (tertiary/aromatic N) is 2. The Kier molecular flexibility index (Phi) is 12.4. The summed E-state index contributed by atoms with van der Waals surface area (Å²) < 4.78 is 0. The van der Waals surface area contributed by atoms with Crippen molar-refractivity contribution >= 4 is 23.5 Å². The molecule has 0 rings (SSSR count). The van der Waals surface area contributed by atoms with E-state index >= 15 is 0 Å². The van der Waals surface area contributed by atoms with Gasteiger partial charge in [-0.2, -0.15) is 34.0 Å². The summed E-state index contributed by atoms with van der Waals surface area (Å²) in [4.78, 5) is 0. The molecule has 0 aliphatic carbocycles. The lowest BCUT2D eigenvalue weighted by molar-refractivity contribution is 0.906. The van der Waals surface area contributed by atoms with Crippen molar-refractivity contribution in [2.24, 2.45) is 0 Å². The molecule has 0 heterocycles. The first kappa shape index (κ1) is 13.7. The minimum Gasteiger partial charge on any atom is -0.198 e. The lowest BCUT2D eigenvalue weighted by atomic mass is 10.4. The van der Waals surface area contributed by atoms with Crippen LogP contribution < -0.4 is 0 Å². The van der Waals surface area contributed by atoms with Crippen LogP contribution in [0.1, 0.15) is 25.7 Å². The number of hydrogen-bond donors (Lipinski definition) is 0. The van der Waals surface area contributed by atoms with Crippen LogP contribution >= 0.6 is 23.5 Å². The molecule has 14 heavy (non-hydrogen) atoms. The first-order valence-corrected chi connectivity index (χ1v) is 7.12. The molecule has 0 aromatic carbocycles. The van der Waals surface area contributed by atoms with E-state index in [1.165, 1.54) is 24.3 Å². The fraction of sp³-hybridized carbons (Fsp3) is 0.800. The van der Waals surface area contributed by atoms with Crippen LogP contribution in [0.3, 0.4) is 0 Å². The number of thioether (sulfide) groups is 2. The molecule has 0 aliphatic heterocycles. The lowest BCUT2D eigenvalue weighted by Crippen LogP contribution is -1.87. The van der Waals surface area contributed by atoms with Crippen LogP contribution in [0.15, 0.2) is 0 Å². The third-order valence-corrected chi connectivity index (χ3v) is 3.68. The van der Waals surface area contributed by atoms with Crippen molar-refractivity contribution in [1.29, 1.82) is 10.5 Å². The van der Waals surface area contributed by atoms with Gasteiger partial charge in [-0.25, -0.2) is 0 Å². The average Bonchev–Trinajstić information content (AvgIpc) is 2.21. The summed E-state index contributed by atoms with van der Waals surface area (Å²) in [6.07, 6.45) is 3.80. The Balaban J connectivity index is 2.86. The molecule has 0 aromatic rings. The highest BCUT2D eigenvalue weighted by Gasteiger charge is 1.91. The number of nitriles is 2. The van der Waals surface area contributed by atoms with Gasteiger partial charge in [0.15, 0.2) is 0 Å². The molecule has 2 nitrogen and oxygen atoms in total. The molecule has 0 radical (unpaired) electrons. The van der Waals surface area contributed by atoms with E-state index in [1.807, 2.05) is 23.5 Å². The second-order valence-electron chi connectivity index (χ2n) is 2.75. The third kappa shape index (κ3) is 11.7. The summed E-state index contributed by atoms with van der Waals surface area (Å²) in [5, 5.41) is 16.6. The summed E-state index contributed by atoms with van der Waals surface area (Å²) in [5.41, 5.74) is 0. The van der Waals surface area contributed by atoms with Crippen LogP contribution in [-0.2, 0) is 0 Å². The van der Waals surface area contributed by atoms with Crippen LogP contribution in [-0.4, -0.2) is 23.0 Å². The molecule has 0 fully saturated rings. The summed E-state index contributed by atoms with van der Waals surface area (Å²) >= 11 is 3.72. The Morgan fingerprint density at radius 2 is 1.14 bits per heavy atom. The van der Waals surface area contributed by atoms with E-state index in [9.17, 15) is 0 Å². The molecule has 0 atom stereocenters. The third-order valence-electron chi connectivity index (χ3n) is 1.54. The van der Waals surface area contributed by atoms with Gasteiger partial charge in [0.1, 0.15) is 0 Å². The molecule has 0 saturated carbocycles. The zero-order valence-corrected chi connectivity index (χ0v) is 10.0. The molecule has 78 valence electrons. The highest BCUT2D eigenvalue weighted by molar-refractivity contribution is 7.99. The molecule has 4 heteroatoms. The fourth-order valence-electron chi connectivity index (χ4n) is 0.848.